The summed E-state index contributed by atoms with van der Waals surface area (Å²) in [6, 6.07) is 5.31. The Morgan fingerprint density at radius 2 is 1.65 bits per heavy atom. The molecule has 2 aliphatic heterocycles. The van der Waals surface area contributed by atoms with E-state index < -0.39 is 35.7 Å². The van der Waals surface area contributed by atoms with Crippen LogP contribution < -0.4 is 10.2 Å². The van der Waals surface area contributed by atoms with Crippen molar-refractivity contribution < 1.29 is 28.0 Å². The Morgan fingerprint density at radius 3 is 2.13 bits per heavy atom. The maximum atomic E-state index is 15.9. The van der Waals surface area contributed by atoms with Gasteiger partial charge in [-0.2, -0.15) is 0 Å². The number of hydrogen-bond acceptors (Lipinski definition) is 5. The predicted octanol–water partition coefficient (Wildman–Crippen LogP) is 4.19. The van der Waals surface area contributed by atoms with E-state index in [9.17, 15) is 4.79 Å². The zero-order valence-electron chi connectivity index (χ0n) is 20.0. The van der Waals surface area contributed by atoms with Gasteiger partial charge in [0.15, 0.2) is 0 Å². The van der Waals surface area contributed by atoms with Crippen molar-refractivity contribution in [3.63, 3.8) is 0 Å². The van der Waals surface area contributed by atoms with E-state index in [0.29, 0.717) is 24.4 Å². The minimum absolute atomic E-state index is 0.200. The van der Waals surface area contributed by atoms with Crippen LogP contribution in [0.2, 0.25) is 0 Å². The standard InChI is InChI=1S/C23H35BFNO5/c1-20(2,3)29-19(27)26-13-11-23(25,12-14-26)16-9-10-17(18(15-16)28-8)24-30-21(4,5)22(6,7)31-24/h9-10,15H,11-14H2,1-8H3. The van der Waals surface area contributed by atoms with Crippen LogP contribution in [0.3, 0.4) is 0 Å². The van der Waals surface area contributed by atoms with Crippen LogP contribution in [0.15, 0.2) is 18.2 Å². The lowest BCUT2D eigenvalue weighted by atomic mass is 9.76. The van der Waals surface area contributed by atoms with Crippen LogP contribution in [0, 0.1) is 0 Å². The van der Waals surface area contributed by atoms with E-state index in [1.54, 1.807) is 24.1 Å². The predicted molar refractivity (Wildman–Crippen MR) is 119 cm³/mol. The molecule has 6 nitrogen and oxygen atoms in total. The molecule has 8 heteroatoms. The fraction of sp³-hybridized carbons (Fsp3) is 0.696. The lowest BCUT2D eigenvalue weighted by Gasteiger charge is -2.37. The lowest BCUT2D eigenvalue weighted by Crippen LogP contribution is -2.45. The first kappa shape index (κ1) is 23.9. The van der Waals surface area contributed by atoms with Gasteiger partial charge in [0.25, 0.3) is 0 Å². The molecule has 2 saturated heterocycles. The van der Waals surface area contributed by atoms with Crippen molar-refractivity contribution in [2.45, 2.75) is 83.8 Å². The van der Waals surface area contributed by atoms with Crippen LogP contribution in [-0.4, -0.2) is 55.1 Å². The lowest BCUT2D eigenvalue weighted by molar-refractivity contribution is 0.00215. The number of carbonyl (C=O) groups is 1. The molecule has 172 valence electrons. The number of halogens is 1. The van der Waals surface area contributed by atoms with Crippen LogP contribution in [0.1, 0.15) is 66.9 Å². The smallest absolute Gasteiger partial charge is 0.497 e. The third-order valence-electron chi connectivity index (χ3n) is 6.47. The molecule has 0 bridgehead atoms. The number of piperidine rings is 1. The Kier molecular flexibility index (Phi) is 6.13. The Hall–Kier alpha value is -1.80. The van der Waals surface area contributed by atoms with E-state index in [-0.39, 0.29) is 12.8 Å². The molecular formula is C23H35BFNO5. The number of likely N-dealkylation sites (tertiary alicyclic amines) is 1. The largest absolute Gasteiger partial charge is 0.498 e. The molecule has 1 aromatic rings. The van der Waals surface area contributed by atoms with Gasteiger partial charge in [-0.05, 0) is 60.1 Å². The molecule has 1 aromatic carbocycles. The molecule has 1 amide bonds. The topological polar surface area (TPSA) is 57.2 Å². The second-order valence-corrected chi connectivity index (χ2v) is 10.5. The molecule has 0 aromatic heterocycles. The van der Waals surface area contributed by atoms with Crippen LogP contribution in [-0.2, 0) is 19.7 Å². The normalized spacial score (nSPS) is 22.4. The van der Waals surface area contributed by atoms with E-state index in [4.69, 9.17) is 18.8 Å². The van der Waals surface area contributed by atoms with Crippen molar-refractivity contribution in [3.8, 4) is 5.75 Å². The summed E-state index contributed by atoms with van der Waals surface area (Å²) in [5.74, 6) is 0.530. The van der Waals surface area contributed by atoms with E-state index >= 15 is 4.39 Å². The quantitative estimate of drug-likeness (QED) is 0.667. The van der Waals surface area contributed by atoms with Crippen LogP contribution in [0.5, 0.6) is 5.75 Å². The zero-order chi connectivity index (χ0) is 23.2. The molecule has 0 saturated carbocycles. The SMILES string of the molecule is COc1cc(C2(F)CCN(C(=O)OC(C)(C)C)CC2)ccc1B1OC(C)(C)C(C)(C)O1. The van der Waals surface area contributed by atoms with Gasteiger partial charge >= 0.3 is 13.2 Å². The van der Waals surface area contributed by atoms with Gasteiger partial charge in [-0.15, -0.1) is 0 Å². The second kappa shape index (κ2) is 7.96. The highest BCUT2D eigenvalue weighted by molar-refractivity contribution is 6.63. The third kappa shape index (κ3) is 4.85. The van der Waals surface area contributed by atoms with Gasteiger partial charge in [0.2, 0.25) is 0 Å². The highest BCUT2D eigenvalue weighted by Gasteiger charge is 2.52. The Balaban J connectivity index is 1.75. The minimum atomic E-state index is -1.54. The number of alkyl halides is 1. The highest BCUT2D eigenvalue weighted by atomic mass is 19.1. The van der Waals surface area contributed by atoms with Crippen molar-refractivity contribution in [3.05, 3.63) is 23.8 Å². The number of methoxy groups -OCH3 is 1. The van der Waals surface area contributed by atoms with Crippen molar-refractivity contribution in [2.75, 3.05) is 20.2 Å². The third-order valence-corrected chi connectivity index (χ3v) is 6.47. The van der Waals surface area contributed by atoms with Crippen molar-refractivity contribution in [1.82, 2.24) is 4.90 Å². The summed E-state index contributed by atoms with van der Waals surface area (Å²) in [5, 5.41) is 0. The van der Waals surface area contributed by atoms with Gasteiger partial charge in [-0.1, -0.05) is 12.1 Å². The number of nitrogens with zero attached hydrogens (tertiary/aromatic N) is 1. The van der Waals surface area contributed by atoms with E-state index in [1.807, 2.05) is 54.5 Å². The Labute approximate surface area is 185 Å². The van der Waals surface area contributed by atoms with Gasteiger partial charge in [0.1, 0.15) is 17.0 Å². The maximum absolute atomic E-state index is 15.9. The summed E-state index contributed by atoms with van der Waals surface area (Å²) in [6.07, 6.45) is -0.000504. The fourth-order valence-corrected chi connectivity index (χ4v) is 3.81. The van der Waals surface area contributed by atoms with Crippen molar-refractivity contribution in [1.29, 1.82) is 0 Å². The average Bonchev–Trinajstić information content (AvgIpc) is 2.87. The number of amides is 1. The first-order valence-electron chi connectivity index (χ1n) is 10.9. The van der Waals surface area contributed by atoms with E-state index in [0.717, 1.165) is 5.46 Å². The van der Waals surface area contributed by atoms with Crippen LogP contribution >= 0.6 is 0 Å². The molecule has 2 fully saturated rings. The highest BCUT2D eigenvalue weighted by Crippen LogP contribution is 2.40. The Bertz CT molecular complexity index is 812. The van der Waals surface area contributed by atoms with Gasteiger partial charge in [0, 0.05) is 31.4 Å². The zero-order valence-corrected chi connectivity index (χ0v) is 20.0. The molecule has 0 aliphatic carbocycles. The molecule has 2 aliphatic rings. The minimum Gasteiger partial charge on any atom is -0.497 e. The van der Waals surface area contributed by atoms with Gasteiger partial charge in [0.05, 0.1) is 18.3 Å². The molecule has 0 spiro atoms. The molecular weight excluding hydrogens is 400 g/mol. The number of carbonyl (C=O) groups excluding carboxylic acids is 1. The van der Waals surface area contributed by atoms with Gasteiger partial charge in [-0.25, -0.2) is 9.18 Å². The molecule has 0 radical (unpaired) electrons. The first-order chi connectivity index (χ1) is 14.2. The number of benzene rings is 1. The van der Waals surface area contributed by atoms with E-state index in [2.05, 4.69) is 0 Å². The van der Waals surface area contributed by atoms with Crippen LogP contribution in [0.25, 0.3) is 0 Å². The Morgan fingerprint density at radius 1 is 1.10 bits per heavy atom. The summed E-state index contributed by atoms with van der Waals surface area (Å²) in [7, 11) is 0.975. The fourth-order valence-electron chi connectivity index (χ4n) is 3.81. The molecule has 2 heterocycles. The molecule has 0 atom stereocenters. The van der Waals surface area contributed by atoms with Gasteiger partial charge < -0.3 is 23.7 Å². The molecule has 31 heavy (non-hydrogen) atoms. The summed E-state index contributed by atoms with van der Waals surface area (Å²) in [4.78, 5) is 13.9. The number of rotatable bonds is 3. The molecule has 0 unspecified atom stereocenters. The summed E-state index contributed by atoms with van der Waals surface area (Å²) < 4.78 is 39.1. The first-order valence-corrected chi connectivity index (χ1v) is 10.9. The second-order valence-electron chi connectivity index (χ2n) is 10.5. The van der Waals surface area contributed by atoms with E-state index in [1.165, 1.54) is 0 Å². The summed E-state index contributed by atoms with van der Waals surface area (Å²) in [5.41, 5.74) is -1.79. The van der Waals surface area contributed by atoms with Gasteiger partial charge in [-0.3, -0.25) is 0 Å². The van der Waals surface area contributed by atoms with Crippen molar-refractivity contribution >= 4 is 18.7 Å². The molecule has 0 N–H and O–H groups in total. The van der Waals surface area contributed by atoms with Crippen molar-refractivity contribution in [2.24, 2.45) is 0 Å². The number of hydrogen-bond donors (Lipinski definition) is 0. The average molecular weight is 435 g/mol. The number of ether oxygens (including phenoxy) is 2. The summed E-state index contributed by atoms with van der Waals surface area (Å²) in [6.45, 7) is 14.0. The monoisotopic (exact) mass is 435 g/mol. The maximum Gasteiger partial charge on any atom is 0.498 e. The molecule has 3 rings (SSSR count). The summed E-state index contributed by atoms with van der Waals surface area (Å²) >= 11 is 0. The van der Waals surface area contributed by atoms with Crippen LogP contribution in [0.4, 0.5) is 9.18 Å².